The summed E-state index contributed by atoms with van der Waals surface area (Å²) >= 11 is 2.83. The number of hydrogen-bond acceptors (Lipinski definition) is 8. The van der Waals surface area contributed by atoms with Gasteiger partial charge in [0.2, 0.25) is 10.0 Å². The third kappa shape index (κ3) is 4.69. The van der Waals surface area contributed by atoms with E-state index in [1.54, 1.807) is 29.3 Å². The number of nitrogens with zero attached hydrogens (tertiary/aromatic N) is 1. The molecule has 1 aromatic heterocycles. The molecule has 0 aliphatic carbocycles. The van der Waals surface area contributed by atoms with E-state index in [9.17, 15) is 13.2 Å². The molecule has 1 N–H and O–H groups in total. The van der Waals surface area contributed by atoms with Crippen molar-refractivity contribution in [1.29, 1.82) is 0 Å². The van der Waals surface area contributed by atoms with Gasteiger partial charge >= 0.3 is 0 Å². The van der Waals surface area contributed by atoms with Crippen LogP contribution in [0.3, 0.4) is 0 Å². The third-order valence-corrected chi connectivity index (χ3v) is 8.58. The molecule has 1 saturated heterocycles. The van der Waals surface area contributed by atoms with E-state index in [-0.39, 0.29) is 16.3 Å². The molecule has 1 aliphatic heterocycles. The molecule has 1 aromatic carbocycles. The number of hydrogen-bond donors (Lipinski definition) is 1. The minimum atomic E-state index is -3.70. The normalized spacial score (nSPS) is 14.9. The van der Waals surface area contributed by atoms with Gasteiger partial charge in [-0.2, -0.15) is 16.1 Å². The van der Waals surface area contributed by atoms with Gasteiger partial charge in [0.15, 0.2) is 11.5 Å². The van der Waals surface area contributed by atoms with Crippen LogP contribution in [0.2, 0.25) is 0 Å². The Labute approximate surface area is 184 Å². The first-order valence-corrected chi connectivity index (χ1v) is 12.6. The molecule has 1 fully saturated rings. The van der Waals surface area contributed by atoms with Crippen molar-refractivity contribution in [3.63, 3.8) is 0 Å². The average molecular weight is 473 g/mol. The molecule has 1 aliphatic rings. The second kappa shape index (κ2) is 9.90. The fourth-order valence-electron chi connectivity index (χ4n) is 3.08. The molecule has 2 aromatic rings. The van der Waals surface area contributed by atoms with E-state index in [0.717, 1.165) is 22.8 Å². The molecule has 8 nitrogen and oxygen atoms in total. The molecule has 0 saturated carbocycles. The van der Waals surface area contributed by atoms with E-state index < -0.39 is 15.9 Å². The van der Waals surface area contributed by atoms with Gasteiger partial charge in [0.25, 0.3) is 5.91 Å². The van der Waals surface area contributed by atoms with E-state index >= 15 is 0 Å². The van der Waals surface area contributed by atoms with Crippen LogP contribution in [0.1, 0.15) is 15.2 Å². The van der Waals surface area contributed by atoms with Gasteiger partial charge in [-0.05, 0) is 17.5 Å². The molecular weight excluding hydrogens is 448 g/mol. The van der Waals surface area contributed by atoms with Gasteiger partial charge in [-0.3, -0.25) is 4.79 Å². The Morgan fingerprint density at radius 2 is 1.70 bits per heavy atom. The van der Waals surface area contributed by atoms with Gasteiger partial charge in [0.05, 0.1) is 21.3 Å². The van der Waals surface area contributed by atoms with Gasteiger partial charge in [0, 0.05) is 42.8 Å². The Kier molecular flexibility index (Phi) is 7.50. The highest BCUT2D eigenvalue weighted by Crippen LogP contribution is 2.34. The van der Waals surface area contributed by atoms with Gasteiger partial charge in [-0.1, -0.05) is 0 Å². The molecule has 0 radical (unpaired) electrons. The third-order valence-electron chi connectivity index (χ3n) is 4.65. The van der Waals surface area contributed by atoms with Crippen molar-refractivity contribution in [2.24, 2.45) is 0 Å². The molecular formula is C19H24N2O6S3. The number of rotatable bonds is 8. The molecule has 0 unspecified atom stereocenters. The summed E-state index contributed by atoms with van der Waals surface area (Å²) in [5.74, 6) is 2.60. The lowest BCUT2D eigenvalue weighted by Gasteiger charge is -2.25. The van der Waals surface area contributed by atoms with Crippen molar-refractivity contribution in [3.8, 4) is 17.2 Å². The maximum Gasteiger partial charge on any atom is 0.263 e. The van der Waals surface area contributed by atoms with Crippen LogP contribution in [0.5, 0.6) is 17.2 Å². The van der Waals surface area contributed by atoms with Crippen LogP contribution in [-0.2, 0) is 16.6 Å². The molecule has 1 amide bonds. The summed E-state index contributed by atoms with van der Waals surface area (Å²) in [6.07, 6.45) is 0. The largest absolute Gasteiger partial charge is 0.496 e. The van der Waals surface area contributed by atoms with E-state index in [1.807, 2.05) is 0 Å². The summed E-state index contributed by atoms with van der Waals surface area (Å²) in [5, 5.41) is 4.41. The molecule has 3 rings (SSSR count). The summed E-state index contributed by atoms with van der Waals surface area (Å²) in [6.45, 7) is 1.04. The minimum Gasteiger partial charge on any atom is -0.496 e. The average Bonchev–Trinajstić information content (AvgIpc) is 3.28. The summed E-state index contributed by atoms with van der Waals surface area (Å²) < 4.78 is 43.4. The number of carbonyl (C=O) groups excluding carboxylic acids is 1. The van der Waals surface area contributed by atoms with Crippen LogP contribution in [0.25, 0.3) is 0 Å². The van der Waals surface area contributed by atoms with Crippen LogP contribution in [-0.4, -0.2) is 64.6 Å². The minimum absolute atomic E-state index is 0.0520. The first-order chi connectivity index (χ1) is 14.4. The Morgan fingerprint density at radius 3 is 2.33 bits per heavy atom. The molecule has 0 spiro atoms. The number of nitrogens with one attached hydrogen (secondary N) is 1. The van der Waals surface area contributed by atoms with E-state index in [1.165, 1.54) is 31.7 Å². The number of thioether (sulfide) groups is 1. The van der Waals surface area contributed by atoms with Crippen LogP contribution < -0.4 is 19.5 Å². The highest BCUT2D eigenvalue weighted by atomic mass is 32.2. The van der Waals surface area contributed by atoms with Crippen molar-refractivity contribution in [3.05, 3.63) is 34.0 Å². The quantitative estimate of drug-likeness (QED) is 0.631. The van der Waals surface area contributed by atoms with E-state index in [2.05, 4.69) is 5.32 Å². The number of ether oxygens (including phenoxy) is 3. The van der Waals surface area contributed by atoms with Gasteiger partial charge in [-0.25, -0.2) is 8.42 Å². The zero-order chi connectivity index (χ0) is 21.7. The monoisotopic (exact) mass is 472 g/mol. The van der Waals surface area contributed by atoms with Crippen molar-refractivity contribution in [2.45, 2.75) is 11.4 Å². The molecule has 11 heteroatoms. The predicted octanol–water partition coefficient (Wildman–Crippen LogP) is 2.44. The van der Waals surface area contributed by atoms with Crippen molar-refractivity contribution < 1.29 is 27.4 Å². The van der Waals surface area contributed by atoms with Crippen molar-refractivity contribution in [2.75, 3.05) is 45.9 Å². The number of carbonyl (C=O) groups is 1. The summed E-state index contributed by atoms with van der Waals surface area (Å²) in [4.78, 5) is 13.0. The van der Waals surface area contributed by atoms with Crippen molar-refractivity contribution in [1.82, 2.24) is 9.62 Å². The predicted molar refractivity (Wildman–Crippen MR) is 118 cm³/mol. The standard InChI is InChI=1S/C19H24N2O6S3/c1-25-14-11-16(27-3)15(26-2)10-13(14)12-20-19(22)18-17(4-7-29-18)30(23,24)21-5-8-28-9-6-21/h4,7,10-11H,5-6,8-9,12H2,1-3H3,(H,20,22). The zero-order valence-electron chi connectivity index (χ0n) is 17.0. The van der Waals surface area contributed by atoms with Crippen LogP contribution in [0, 0.1) is 0 Å². The number of amides is 1. The highest BCUT2D eigenvalue weighted by Gasteiger charge is 2.31. The molecule has 164 valence electrons. The van der Waals surface area contributed by atoms with Gasteiger partial charge in [0.1, 0.15) is 15.5 Å². The molecule has 0 atom stereocenters. The number of thiophene rings is 1. The zero-order valence-corrected chi connectivity index (χ0v) is 19.4. The van der Waals surface area contributed by atoms with Crippen LogP contribution >= 0.6 is 23.1 Å². The lowest BCUT2D eigenvalue weighted by atomic mass is 10.1. The van der Waals surface area contributed by atoms with E-state index in [4.69, 9.17) is 14.2 Å². The summed E-state index contributed by atoms with van der Waals surface area (Å²) in [5.41, 5.74) is 0.678. The SMILES string of the molecule is COc1cc(OC)c(OC)cc1CNC(=O)c1sccc1S(=O)(=O)N1CCSCC1. The van der Waals surface area contributed by atoms with Crippen molar-refractivity contribution >= 4 is 39.0 Å². The maximum atomic E-state index is 13.0. The fraction of sp³-hybridized carbons (Fsp3) is 0.421. The second-order valence-corrected chi connectivity index (χ2v) is 10.4. The topological polar surface area (TPSA) is 94.2 Å². The summed E-state index contributed by atoms with van der Waals surface area (Å²) in [7, 11) is 0.869. The lowest BCUT2D eigenvalue weighted by Crippen LogP contribution is -2.38. The Morgan fingerprint density at radius 1 is 1.07 bits per heavy atom. The Hall–Kier alpha value is -1.95. The number of sulfonamides is 1. The van der Waals surface area contributed by atoms with Gasteiger partial charge < -0.3 is 19.5 Å². The first kappa shape index (κ1) is 22.7. The smallest absolute Gasteiger partial charge is 0.263 e. The lowest BCUT2D eigenvalue weighted by molar-refractivity contribution is 0.0951. The second-order valence-electron chi connectivity index (χ2n) is 6.33. The Balaban J connectivity index is 1.79. The molecule has 0 bridgehead atoms. The fourth-order valence-corrected chi connectivity index (χ4v) is 6.97. The Bertz CT molecular complexity index is 1000. The maximum absolute atomic E-state index is 13.0. The van der Waals surface area contributed by atoms with E-state index in [0.29, 0.717) is 35.9 Å². The summed E-state index contributed by atoms with van der Waals surface area (Å²) in [6, 6.07) is 4.89. The molecule has 30 heavy (non-hydrogen) atoms. The van der Waals surface area contributed by atoms with Crippen LogP contribution in [0.15, 0.2) is 28.5 Å². The van der Waals surface area contributed by atoms with Crippen LogP contribution in [0.4, 0.5) is 0 Å². The number of methoxy groups -OCH3 is 3. The highest BCUT2D eigenvalue weighted by molar-refractivity contribution is 7.99. The van der Waals surface area contributed by atoms with Gasteiger partial charge in [-0.15, -0.1) is 11.3 Å². The first-order valence-electron chi connectivity index (χ1n) is 9.14. The number of benzene rings is 1. The molecule has 2 heterocycles.